The summed E-state index contributed by atoms with van der Waals surface area (Å²) in [5.74, 6) is 2.10. The number of furan rings is 1. The van der Waals surface area contributed by atoms with Gasteiger partial charge < -0.3 is 13.9 Å². The summed E-state index contributed by atoms with van der Waals surface area (Å²) < 4.78 is 16.4. The van der Waals surface area contributed by atoms with Crippen LogP contribution in [0.2, 0.25) is 10.0 Å². The van der Waals surface area contributed by atoms with E-state index >= 15 is 0 Å². The predicted octanol–water partition coefficient (Wildman–Crippen LogP) is 6.07. The van der Waals surface area contributed by atoms with Crippen LogP contribution in [0.15, 0.2) is 65.1 Å². The lowest BCUT2D eigenvalue weighted by atomic mass is 10.1. The maximum atomic E-state index is 12.2. The van der Waals surface area contributed by atoms with Crippen molar-refractivity contribution in [2.45, 2.75) is 6.61 Å². The molecular formula is C21H16Cl2O4. The fourth-order valence-electron chi connectivity index (χ4n) is 2.33. The Labute approximate surface area is 166 Å². The first-order chi connectivity index (χ1) is 13.0. The van der Waals surface area contributed by atoms with E-state index in [1.165, 1.54) is 6.08 Å². The van der Waals surface area contributed by atoms with Crippen LogP contribution in [0, 0.1) is 0 Å². The van der Waals surface area contributed by atoms with Gasteiger partial charge in [0.05, 0.1) is 12.1 Å². The third-order valence-corrected chi connectivity index (χ3v) is 4.25. The highest BCUT2D eigenvalue weighted by Gasteiger charge is 2.07. The number of ether oxygens (including phenoxy) is 2. The van der Waals surface area contributed by atoms with E-state index in [1.54, 1.807) is 67.8 Å². The van der Waals surface area contributed by atoms with Crippen LogP contribution in [0.3, 0.4) is 0 Å². The number of carbonyl (C=O) groups is 1. The molecular weight excluding hydrogens is 387 g/mol. The first kappa shape index (κ1) is 19.1. The minimum absolute atomic E-state index is 0.145. The lowest BCUT2D eigenvalue weighted by Crippen LogP contribution is -1.95. The molecule has 6 heteroatoms. The van der Waals surface area contributed by atoms with Gasteiger partial charge in [0.1, 0.15) is 29.6 Å². The van der Waals surface area contributed by atoms with E-state index in [0.29, 0.717) is 38.6 Å². The Hall–Kier alpha value is -2.69. The van der Waals surface area contributed by atoms with E-state index in [0.717, 1.165) is 0 Å². The number of carbonyl (C=O) groups excluding carboxylic acids is 1. The Morgan fingerprint density at radius 1 is 1.11 bits per heavy atom. The maximum Gasteiger partial charge on any atom is 0.186 e. The molecule has 0 bridgehead atoms. The zero-order valence-corrected chi connectivity index (χ0v) is 16.0. The Morgan fingerprint density at radius 3 is 2.78 bits per heavy atom. The van der Waals surface area contributed by atoms with Crippen LogP contribution in [-0.4, -0.2) is 12.9 Å². The van der Waals surface area contributed by atoms with E-state index in [4.69, 9.17) is 37.1 Å². The summed E-state index contributed by atoms with van der Waals surface area (Å²) in [6.45, 7) is 0.192. The molecule has 138 valence electrons. The summed E-state index contributed by atoms with van der Waals surface area (Å²) in [5, 5.41) is 1.00. The number of benzene rings is 2. The molecule has 4 nitrogen and oxygen atoms in total. The molecule has 0 spiro atoms. The molecule has 0 saturated carbocycles. The number of methoxy groups -OCH3 is 1. The number of rotatable bonds is 7. The van der Waals surface area contributed by atoms with Crippen LogP contribution in [0.1, 0.15) is 21.9 Å². The maximum absolute atomic E-state index is 12.2. The highest BCUT2D eigenvalue weighted by atomic mass is 35.5. The number of allylic oxidation sites excluding steroid dienone is 1. The van der Waals surface area contributed by atoms with Crippen molar-refractivity contribution in [1.82, 2.24) is 0 Å². The third kappa shape index (κ3) is 5.16. The fraction of sp³-hybridized carbons (Fsp3) is 0.0952. The molecule has 27 heavy (non-hydrogen) atoms. The molecule has 3 aromatic rings. The Morgan fingerprint density at radius 2 is 1.96 bits per heavy atom. The third-order valence-electron chi connectivity index (χ3n) is 3.70. The van der Waals surface area contributed by atoms with Gasteiger partial charge in [-0.2, -0.15) is 0 Å². The second kappa shape index (κ2) is 8.80. The van der Waals surface area contributed by atoms with Gasteiger partial charge in [0.15, 0.2) is 5.78 Å². The molecule has 1 aromatic heterocycles. The zero-order valence-electron chi connectivity index (χ0n) is 14.4. The molecule has 1 heterocycles. The molecule has 0 aliphatic heterocycles. The largest absolute Gasteiger partial charge is 0.497 e. The lowest BCUT2D eigenvalue weighted by molar-refractivity contribution is 0.104. The molecule has 0 amide bonds. The fourth-order valence-corrected chi connectivity index (χ4v) is 2.66. The average molecular weight is 403 g/mol. The van der Waals surface area contributed by atoms with Crippen molar-refractivity contribution in [3.8, 4) is 11.5 Å². The monoisotopic (exact) mass is 402 g/mol. The van der Waals surface area contributed by atoms with Crippen molar-refractivity contribution in [2.24, 2.45) is 0 Å². The van der Waals surface area contributed by atoms with Crippen LogP contribution in [0.25, 0.3) is 6.08 Å². The zero-order chi connectivity index (χ0) is 19.2. The molecule has 0 saturated heterocycles. The van der Waals surface area contributed by atoms with Gasteiger partial charge in [-0.25, -0.2) is 0 Å². The normalized spacial score (nSPS) is 10.9. The summed E-state index contributed by atoms with van der Waals surface area (Å²) in [5.41, 5.74) is 0.538. The Balaban J connectivity index is 1.62. The van der Waals surface area contributed by atoms with Gasteiger partial charge in [0.2, 0.25) is 0 Å². The van der Waals surface area contributed by atoms with E-state index < -0.39 is 0 Å². The number of halogens is 2. The Kier molecular flexibility index (Phi) is 6.22. The van der Waals surface area contributed by atoms with Crippen LogP contribution in [0.5, 0.6) is 11.5 Å². The standard InChI is InChI=1S/C21H16Cl2O4/c1-25-17-4-2-3-14(11-17)20(24)10-8-16-6-7-18(27-16)13-26-21-12-15(22)5-9-19(21)23/h2-12H,13H2,1H3/b10-8+. The van der Waals surface area contributed by atoms with Crippen LogP contribution in [0.4, 0.5) is 0 Å². The van der Waals surface area contributed by atoms with Crippen LogP contribution >= 0.6 is 23.2 Å². The molecule has 0 N–H and O–H groups in total. The van der Waals surface area contributed by atoms with E-state index in [9.17, 15) is 4.79 Å². The summed E-state index contributed by atoms with van der Waals surface area (Å²) in [4.78, 5) is 12.2. The van der Waals surface area contributed by atoms with Gasteiger partial charge in [-0.05, 0) is 48.6 Å². The van der Waals surface area contributed by atoms with Crippen molar-refractivity contribution >= 4 is 35.1 Å². The average Bonchev–Trinajstić information content (AvgIpc) is 3.14. The number of hydrogen-bond donors (Lipinski definition) is 0. The number of ketones is 1. The van der Waals surface area contributed by atoms with Gasteiger partial charge >= 0.3 is 0 Å². The van der Waals surface area contributed by atoms with Gasteiger partial charge in [0.25, 0.3) is 0 Å². The van der Waals surface area contributed by atoms with Crippen molar-refractivity contribution in [1.29, 1.82) is 0 Å². The highest BCUT2D eigenvalue weighted by molar-refractivity contribution is 6.34. The molecule has 0 atom stereocenters. The predicted molar refractivity (Wildman–Crippen MR) is 106 cm³/mol. The first-order valence-corrected chi connectivity index (χ1v) is 8.84. The SMILES string of the molecule is COc1cccc(C(=O)/C=C/c2ccc(COc3cc(Cl)ccc3Cl)o2)c1. The minimum Gasteiger partial charge on any atom is -0.497 e. The van der Waals surface area contributed by atoms with Crippen molar-refractivity contribution in [2.75, 3.05) is 7.11 Å². The summed E-state index contributed by atoms with van der Waals surface area (Å²) in [6.07, 6.45) is 3.06. The molecule has 0 unspecified atom stereocenters. The van der Waals surface area contributed by atoms with Crippen molar-refractivity contribution in [3.05, 3.63) is 87.8 Å². The topological polar surface area (TPSA) is 48.7 Å². The molecule has 0 aliphatic carbocycles. The van der Waals surface area contributed by atoms with Gasteiger partial charge in [-0.3, -0.25) is 4.79 Å². The quantitative estimate of drug-likeness (QED) is 0.355. The summed E-state index contributed by atoms with van der Waals surface area (Å²) in [6, 6.07) is 15.5. The Bertz CT molecular complexity index is 976. The molecule has 3 rings (SSSR count). The van der Waals surface area contributed by atoms with Crippen molar-refractivity contribution < 1.29 is 18.7 Å². The molecule has 2 aromatic carbocycles. The second-order valence-electron chi connectivity index (χ2n) is 5.60. The number of hydrogen-bond acceptors (Lipinski definition) is 4. The smallest absolute Gasteiger partial charge is 0.186 e. The summed E-state index contributed by atoms with van der Waals surface area (Å²) >= 11 is 12.0. The van der Waals surface area contributed by atoms with Crippen LogP contribution < -0.4 is 9.47 Å². The summed E-state index contributed by atoms with van der Waals surface area (Å²) in [7, 11) is 1.56. The first-order valence-electron chi connectivity index (χ1n) is 8.08. The van der Waals surface area contributed by atoms with E-state index in [1.807, 2.05) is 0 Å². The van der Waals surface area contributed by atoms with Gasteiger partial charge in [-0.15, -0.1) is 0 Å². The molecule has 0 aliphatic rings. The van der Waals surface area contributed by atoms with Gasteiger partial charge in [0, 0.05) is 16.7 Å². The highest BCUT2D eigenvalue weighted by Crippen LogP contribution is 2.28. The minimum atomic E-state index is -0.145. The second-order valence-corrected chi connectivity index (χ2v) is 6.44. The van der Waals surface area contributed by atoms with E-state index in [-0.39, 0.29) is 12.4 Å². The molecule has 0 fully saturated rings. The van der Waals surface area contributed by atoms with Crippen molar-refractivity contribution in [3.63, 3.8) is 0 Å². The molecule has 0 radical (unpaired) electrons. The van der Waals surface area contributed by atoms with Crippen LogP contribution in [-0.2, 0) is 6.61 Å². The van der Waals surface area contributed by atoms with Gasteiger partial charge in [-0.1, -0.05) is 35.3 Å². The van der Waals surface area contributed by atoms with E-state index in [2.05, 4.69) is 0 Å². The lowest BCUT2D eigenvalue weighted by Gasteiger charge is -2.06.